The van der Waals surface area contributed by atoms with Crippen LogP contribution in [0, 0.1) is 15.9 Å². The van der Waals surface area contributed by atoms with Crippen molar-refractivity contribution in [2.24, 2.45) is 0 Å². The summed E-state index contributed by atoms with van der Waals surface area (Å²) < 4.78 is 37.8. The van der Waals surface area contributed by atoms with Gasteiger partial charge in [-0.1, -0.05) is 0 Å². The van der Waals surface area contributed by atoms with Gasteiger partial charge in [-0.3, -0.25) is 4.79 Å². The van der Waals surface area contributed by atoms with Crippen LogP contribution >= 0.6 is 11.6 Å². The zero-order valence-corrected chi connectivity index (χ0v) is 8.04. The van der Waals surface area contributed by atoms with E-state index in [1.165, 1.54) is 0 Å². The highest BCUT2D eigenvalue weighted by atomic mass is 35.5. The largest absolute Gasteiger partial charge is 0.366 e. The van der Waals surface area contributed by atoms with Crippen LogP contribution in [-0.2, 0) is 0 Å². The van der Waals surface area contributed by atoms with E-state index < -0.39 is 39.5 Å². The minimum absolute atomic E-state index is 0.251. The third-order valence-electron chi connectivity index (χ3n) is 1.58. The molecule has 0 aliphatic heterocycles. The van der Waals surface area contributed by atoms with Crippen molar-refractivity contribution >= 4 is 22.7 Å². The Morgan fingerprint density at radius 1 is 1.56 bits per heavy atom. The first kappa shape index (κ1) is 12.4. The van der Waals surface area contributed by atoms with Crippen molar-refractivity contribution in [3.63, 3.8) is 0 Å². The quantitative estimate of drug-likeness (QED) is 0.472. The van der Waals surface area contributed by atoms with E-state index in [0.717, 1.165) is 0 Å². The summed E-state index contributed by atoms with van der Waals surface area (Å²) in [6.07, 6.45) is -3.34. The van der Waals surface area contributed by atoms with Gasteiger partial charge in [0.1, 0.15) is 11.4 Å². The standard InChI is InChI=1S/C7H2ClF3N2O3/c8-6(14)4-2(9)1-3(13(15)16)12-5(4)7(10)11/h1,7H. The molecule has 0 fully saturated rings. The number of aromatic nitrogens is 1. The Labute approximate surface area is 91.0 Å². The lowest BCUT2D eigenvalue weighted by atomic mass is 10.2. The van der Waals surface area contributed by atoms with Crippen LogP contribution in [0.1, 0.15) is 22.5 Å². The summed E-state index contributed by atoms with van der Waals surface area (Å²) in [6.45, 7) is 0. The highest BCUT2D eigenvalue weighted by Gasteiger charge is 2.30. The number of carbonyl (C=O) groups is 1. The molecular formula is C7H2ClF3N2O3. The second kappa shape index (κ2) is 4.44. The zero-order chi connectivity index (χ0) is 12.5. The van der Waals surface area contributed by atoms with Gasteiger partial charge in [0.15, 0.2) is 0 Å². The first-order chi connectivity index (χ1) is 7.34. The molecule has 1 rings (SSSR count). The van der Waals surface area contributed by atoms with Crippen molar-refractivity contribution < 1.29 is 22.9 Å². The number of nitrogens with zero attached hydrogens (tertiary/aromatic N) is 2. The van der Waals surface area contributed by atoms with Crippen molar-refractivity contribution in [2.45, 2.75) is 6.43 Å². The molecule has 16 heavy (non-hydrogen) atoms. The number of hydrogen-bond donors (Lipinski definition) is 0. The molecule has 0 spiro atoms. The van der Waals surface area contributed by atoms with E-state index in [-0.39, 0.29) is 6.07 Å². The summed E-state index contributed by atoms with van der Waals surface area (Å²) in [5.74, 6) is -2.62. The summed E-state index contributed by atoms with van der Waals surface area (Å²) >= 11 is 4.87. The number of rotatable bonds is 3. The molecule has 0 aliphatic rings. The highest BCUT2D eigenvalue weighted by Crippen LogP contribution is 2.27. The van der Waals surface area contributed by atoms with Crippen molar-refractivity contribution in [3.05, 3.63) is 33.3 Å². The average molecular weight is 255 g/mol. The second-order valence-electron chi connectivity index (χ2n) is 2.55. The van der Waals surface area contributed by atoms with Gasteiger partial charge in [0.25, 0.3) is 5.24 Å². The highest BCUT2D eigenvalue weighted by molar-refractivity contribution is 6.67. The number of halogens is 4. The van der Waals surface area contributed by atoms with Crippen LogP contribution < -0.4 is 0 Å². The summed E-state index contributed by atoms with van der Waals surface area (Å²) in [4.78, 5) is 22.6. The summed E-state index contributed by atoms with van der Waals surface area (Å²) in [5, 5.41) is 8.73. The van der Waals surface area contributed by atoms with Crippen LogP contribution in [0.2, 0.25) is 0 Å². The molecule has 0 saturated heterocycles. The number of alkyl halides is 2. The minimum atomic E-state index is -3.34. The molecule has 0 aliphatic carbocycles. The first-order valence-electron chi connectivity index (χ1n) is 3.67. The lowest BCUT2D eigenvalue weighted by molar-refractivity contribution is -0.389. The van der Waals surface area contributed by atoms with Crippen molar-refractivity contribution in [1.29, 1.82) is 0 Å². The van der Waals surface area contributed by atoms with Gasteiger partial charge in [-0.05, 0) is 21.5 Å². The molecule has 0 saturated carbocycles. The molecule has 0 amide bonds. The van der Waals surface area contributed by atoms with E-state index in [9.17, 15) is 28.1 Å². The third-order valence-corrected chi connectivity index (χ3v) is 1.77. The Morgan fingerprint density at radius 3 is 2.50 bits per heavy atom. The molecule has 1 aromatic rings. The van der Waals surface area contributed by atoms with E-state index in [1.807, 2.05) is 0 Å². The predicted octanol–water partition coefficient (Wildman–Crippen LogP) is 2.45. The van der Waals surface area contributed by atoms with Crippen LogP contribution in [0.15, 0.2) is 6.07 Å². The minimum Gasteiger partial charge on any atom is -0.358 e. The molecule has 0 atom stereocenters. The third kappa shape index (κ3) is 2.27. The van der Waals surface area contributed by atoms with Crippen molar-refractivity contribution in [1.82, 2.24) is 4.98 Å². The average Bonchev–Trinajstić information content (AvgIpc) is 2.15. The number of nitro groups is 1. The smallest absolute Gasteiger partial charge is 0.358 e. The molecule has 1 heterocycles. The molecule has 1 aromatic heterocycles. The number of carbonyl (C=O) groups excluding carboxylic acids is 1. The Morgan fingerprint density at radius 2 is 2.12 bits per heavy atom. The van der Waals surface area contributed by atoms with Gasteiger partial charge >= 0.3 is 12.2 Å². The van der Waals surface area contributed by atoms with Crippen molar-refractivity contribution in [3.8, 4) is 0 Å². The number of pyridine rings is 1. The first-order valence-corrected chi connectivity index (χ1v) is 4.05. The molecule has 5 nitrogen and oxygen atoms in total. The van der Waals surface area contributed by atoms with Gasteiger partial charge < -0.3 is 10.1 Å². The van der Waals surface area contributed by atoms with E-state index in [0.29, 0.717) is 0 Å². The topological polar surface area (TPSA) is 73.1 Å². The van der Waals surface area contributed by atoms with Gasteiger partial charge in [-0.15, -0.1) is 0 Å². The Kier molecular flexibility index (Phi) is 3.43. The van der Waals surface area contributed by atoms with Gasteiger partial charge in [-0.2, -0.15) is 0 Å². The molecular weight excluding hydrogens is 253 g/mol. The SMILES string of the molecule is O=C(Cl)c1c(F)cc([N+](=O)[O-])nc1C(F)F. The van der Waals surface area contributed by atoms with Gasteiger partial charge in [0.2, 0.25) is 5.69 Å². The zero-order valence-electron chi connectivity index (χ0n) is 7.29. The van der Waals surface area contributed by atoms with Crippen LogP contribution in [0.3, 0.4) is 0 Å². The maximum absolute atomic E-state index is 13.1. The van der Waals surface area contributed by atoms with E-state index in [4.69, 9.17) is 11.6 Å². The summed E-state index contributed by atoms with van der Waals surface area (Å²) in [5.41, 5.74) is -2.49. The Bertz CT molecular complexity index is 466. The van der Waals surface area contributed by atoms with Gasteiger partial charge in [-0.25, -0.2) is 13.2 Å². The summed E-state index contributed by atoms with van der Waals surface area (Å²) in [7, 11) is 0. The van der Waals surface area contributed by atoms with Crippen LogP contribution in [-0.4, -0.2) is 15.1 Å². The fourth-order valence-corrected chi connectivity index (χ4v) is 1.15. The fourth-order valence-electron chi connectivity index (χ4n) is 0.965. The van der Waals surface area contributed by atoms with Crippen molar-refractivity contribution in [2.75, 3.05) is 0 Å². The van der Waals surface area contributed by atoms with Gasteiger partial charge in [0.05, 0.1) is 6.07 Å². The number of hydrogen-bond acceptors (Lipinski definition) is 4. The summed E-state index contributed by atoms with van der Waals surface area (Å²) in [6, 6.07) is 0.251. The Hall–Kier alpha value is -1.70. The molecule has 86 valence electrons. The van der Waals surface area contributed by atoms with E-state index >= 15 is 0 Å². The van der Waals surface area contributed by atoms with E-state index in [1.54, 1.807) is 0 Å². The van der Waals surface area contributed by atoms with Gasteiger partial charge in [0, 0.05) is 0 Å². The molecule has 0 N–H and O–H groups in total. The molecule has 9 heteroatoms. The maximum Gasteiger partial charge on any atom is 0.366 e. The monoisotopic (exact) mass is 254 g/mol. The molecule has 0 unspecified atom stereocenters. The Balaban J connectivity index is 3.51. The van der Waals surface area contributed by atoms with Crippen LogP contribution in [0.25, 0.3) is 0 Å². The normalized spacial score (nSPS) is 10.6. The lowest BCUT2D eigenvalue weighted by Crippen LogP contribution is -2.07. The maximum atomic E-state index is 13.1. The molecule has 0 radical (unpaired) electrons. The fraction of sp³-hybridized carbons (Fsp3) is 0.143. The predicted molar refractivity (Wildman–Crippen MR) is 46.0 cm³/mol. The van der Waals surface area contributed by atoms with E-state index in [2.05, 4.69) is 4.98 Å². The van der Waals surface area contributed by atoms with Crippen LogP contribution in [0.4, 0.5) is 19.0 Å². The molecule has 0 bridgehead atoms. The second-order valence-corrected chi connectivity index (χ2v) is 2.90. The molecule has 0 aromatic carbocycles. The lowest BCUT2D eigenvalue weighted by Gasteiger charge is -2.01. The van der Waals surface area contributed by atoms with Crippen LogP contribution in [0.5, 0.6) is 0 Å².